The van der Waals surface area contributed by atoms with E-state index < -0.39 is 10.8 Å². The van der Waals surface area contributed by atoms with E-state index in [2.05, 4.69) is 0 Å². The van der Waals surface area contributed by atoms with Crippen molar-refractivity contribution in [2.24, 2.45) is 0 Å². The first kappa shape index (κ1) is 8.95. The molecule has 0 fully saturated rings. The number of nitriles is 1. The number of hydrogen-bond donors (Lipinski definition) is 0. The molecule has 1 rings (SSSR count). The van der Waals surface area contributed by atoms with Crippen molar-refractivity contribution in [3.05, 3.63) is 35.4 Å². The lowest BCUT2D eigenvalue weighted by Gasteiger charge is -1.97. The first-order valence-electron chi connectivity index (χ1n) is 3.51. The highest BCUT2D eigenvalue weighted by Crippen LogP contribution is 2.05. The molecule has 0 spiro atoms. The molecule has 0 bridgehead atoms. The Kier molecular flexibility index (Phi) is 3.01. The molecule has 62 valence electrons. The smallest absolute Gasteiger partial charge is 0.0991 e. The van der Waals surface area contributed by atoms with Crippen LogP contribution in [0.2, 0.25) is 0 Å². The van der Waals surface area contributed by atoms with Gasteiger partial charge in [0.1, 0.15) is 0 Å². The Morgan fingerprint density at radius 2 is 2.33 bits per heavy atom. The van der Waals surface area contributed by atoms with Crippen LogP contribution in [-0.4, -0.2) is 10.5 Å². The van der Waals surface area contributed by atoms with Crippen LogP contribution in [-0.2, 0) is 16.6 Å². The van der Waals surface area contributed by atoms with Crippen molar-refractivity contribution in [1.29, 1.82) is 5.26 Å². The highest BCUT2D eigenvalue weighted by Gasteiger charge is 1.96. The summed E-state index contributed by atoms with van der Waals surface area (Å²) >= 11 is 0. The van der Waals surface area contributed by atoms with Gasteiger partial charge in [0.05, 0.1) is 11.6 Å². The van der Waals surface area contributed by atoms with E-state index in [1.54, 1.807) is 24.5 Å². The molecule has 0 saturated heterocycles. The maximum absolute atomic E-state index is 10.8. The van der Waals surface area contributed by atoms with Gasteiger partial charge >= 0.3 is 0 Å². The third-order valence-electron chi connectivity index (χ3n) is 1.43. The van der Waals surface area contributed by atoms with Crippen LogP contribution in [0, 0.1) is 11.3 Å². The van der Waals surface area contributed by atoms with Crippen molar-refractivity contribution in [3.63, 3.8) is 0 Å². The lowest BCUT2D eigenvalue weighted by atomic mass is 10.2. The summed E-state index contributed by atoms with van der Waals surface area (Å²) in [5.41, 5.74) is 1.58. The molecule has 0 saturated carbocycles. The Hall–Kier alpha value is -1.14. The molecule has 0 N–H and O–H groups in total. The van der Waals surface area contributed by atoms with Crippen LogP contribution in [0.3, 0.4) is 0 Å². The molecular formula is C9H9NOS. The molecule has 0 heterocycles. The van der Waals surface area contributed by atoms with Gasteiger partial charge in [-0.1, -0.05) is 12.1 Å². The topological polar surface area (TPSA) is 40.9 Å². The fourth-order valence-electron chi connectivity index (χ4n) is 0.965. The molecule has 2 nitrogen and oxygen atoms in total. The van der Waals surface area contributed by atoms with Crippen LogP contribution in [0.5, 0.6) is 0 Å². The van der Waals surface area contributed by atoms with Gasteiger partial charge < -0.3 is 0 Å². The molecule has 0 radical (unpaired) electrons. The van der Waals surface area contributed by atoms with E-state index in [1.807, 2.05) is 12.1 Å². The molecule has 3 heteroatoms. The van der Waals surface area contributed by atoms with Crippen molar-refractivity contribution < 1.29 is 4.21 Å². The second kappa shape index (κ2) is 4.03. The fraction of sp³-hybridized carbons (Fsp3) is 0.222. The minimum absolute atomic E-state index is 0.523. The van der Waals surface area contributed by atoms with Crippen molar-refractivity contribution in [2.75, 3.05) is 6.26 Å². The summed E-state index contributed by atoms with van der Waals surface area (Å²) in [6, 6.07) is 9.23. The number of rotatable bonds is 2. The molecule has 1 aromatic carbocycles. The zero-order valence-corrected chi connectivity index (χ0v) is 7.60. The summed E-state index contributed by atoms with van der Waals surface area (Å²) in [6.07, 6.45) is 1.65. The monoisotopic (exact) mass is 179 g/mol. The maximum atomic E-state index is 10.8. The molecule has 1 aromatic rings. The van der Waals surface area contributed by atoms with Crippen molar-refractivity contribution in [2.45, 2.75) is 5.75 Å². The van der Waals surface area contributed by atoms with Crippen LogP contribution in [0.4, 0.5) is 0 Å². The minimum Gasteiger partial charge on any atom is -0.260 e. The third kappa shape index (κ3) is 2.48. The van der Waals surface area contributed by atoms with Gasteiger partial charge in [0, 0.05) is 22.8 Å². The van der Waals surface area contributed by atoms with E-state index in [-0.39, 0.29) is 0 Å². The zero-order chi connectivity index (χ0) is 8.97. The molecule has 0 aliphatic heterocycles. The Balaban J connectivity index is 2.88. The summed E-state index contributed by atoms with van der Waals surface area (Å²) in [6.45, 7) is 0. The van der Waals surface area contributed by atoms with Crippen LogP contribution >= 0.6 is 0 Å². The number of hydrogen-bond acceptors (Lipinski definition) is 2. The predicted octanol–water partition coefficient (Wildman–Crippen LogP) is 1.44. The Bertz CT molecular complexity index is 341. The van der Waals surface area contributed by atoms with E-state index >= 15 is 0 Å². The number of benzene rings is 1. The van der Waals surface area contributed by atoms with Gasteiger partial charge in [-0.3, -0.25) is 4.21 Å². The Morgan fingerprint density at radius 3 is 2.92 bits per heavy atom. The highest BCUT2D eigenvalue weighted by atomic mass is 32.2. The first-order chi connectivity index (χ1) is 5.72. The van der Waals surface area contributed by atoms with Gasteiger partial charge in [0.25, 0.3) is 0 Å². The summed E-state index contributed by atoms with van der Waals surface area (Å²) in [7, 11) is -0.836. The maximum Gasteiger partial charge on any atom is 0.0991 e. The normalized spacial score (nSPS) is 12.0. The molecule has 0 amide bonds. The van der Waals surface area contributed by atoms with Crippen LogP contribution in [0.15, 0.2) is 24.3 Å². The lowest BCUT2D eigenvalue weighted by Crippen LogP contribution is -1.92. The van der Waals surface area contributed by atoms with E-state index in [4.69, 9.17) is 5.26 Å². The second-order valence-corrected chi connectivity index (χ2v) is 3.96. The molecule has 12 heavy (non-hydrogen) atoms. The SMILES string of the molecule is CS(=O)Cc1cccc(C#N)c1. The van der Waals surface area contributed by atoms with Gasteiger partial charge in [0.2, 0.25) is 0 Å². The van der Waals surface area contributed by atoms with Gasteiger partial charge in [-0.2, -0.15) is 5.26 Å². The predicted molar refractivity (Wildman–Crippen MR) is 48.9 cm³/mol. The van der Waals surface area contributed by atoms with E-state index in [9.17, 15) is 4.21 Å². The van der Waals surface area contributed by atoms with Gasteiger partial charge in [0.15, 0.2) is 0 Å². The largest absolute Gasteiger partial charge is 0.260 e. The van der Waals surface area contributed by atoms with Crippen molar-refractivity contribution in [3.8, 4) is 6.07 Å². The summed E-state index contributed by atoms with van der Waals surface area (Å²) in [5.74, 6) is 0.523. The van der Waals surface area contributed by atoms with Gasteiger partial charge in [-0.05, 0) is 17.7 Å². The van der Waals surface area contributed by atoms with Gasteiger partial charge in [-0.15, -0.1) is 0 Å². The average molecular weight is 179 g/mol. The van der Waals surface area contributed by atoms with Crippen molar-refractivity contribution in [1.82, 2.24) is 0 Å². The van der Waals surface area contributed by atoms with Gasteiger partial charge in [-0.25, -0.2) is 0 Å². The van der Waals surface area contributed by atoms with Crippen molar-refractivity contribution >= 4 is 10.8 Å². The summed E-state index contributed by atoms with van der Waals surface area (Å²) < 4.78 is 10.8. The zero-order valence-electron chi connectivity index (χ0n) is 6.78. The highest BCUT2D eigenvalue weighted by molar-refractivity contribution is 7.83. The van der Waals surface area contributed by atoms with E-state index in [0.717, 1.165) is 5.56 Å². The summed E-state index contributed by atoms with van der Waals surface area (Å²) in [4.78, 5) is 0. The molecular weight excluding hydrogens is 170 g/mol. The molecule has 0 aliphatic rings. The van der Waals surface area contributed by atoms with Crippen LogP contribution in [0.1, 0.15) is 11.1 Å². The average Bonchev–Trinajstić information content (AvgIpc) is 2.03. The minimum atomic E-state index is -0.836. The third-order valence-corrected chi connectivity index (χ3v) is 2.17. The first-order valence-corrected chi connectivity index (χ1v) is 5.24. The quantitative estimate of drug-likeness (QED) is 0.689. The number of nitrogens with zero attached hydrogens (tertiary/aromatic N) is 1. The van der Waals surface area contributed by atoms with E-state index in [1.165, 1.54) is 0 Å². The van der Waals surface area contributed by atoms with E-state index in [0.29, 0.717) is 11.3 Å². The Labute approximate surface area is 74.3 Å². The van der Waals surface area contributed by atoms with Crippen LogP contribution in [0.25, 0.3) is 0 Å². The fourth-order valence-corrected chi connectivity index (χ4v) is 1.61. The lowest BCUT2D eigenvalue weighted by molar-refractivity contribution is 0.686. The molecule has 0 aliphatic carbocycles. The molecule has 1 unspecified atom stereocenters. The Morgan fingerprint density at radius 1 is 1.58 bits per heavy atom. The summed E-state index contributed by atoms with van der Waals surface area (Å²) in [5, 5.41) is 8.57. The second-order valence-electron chi connectivity index (χ2n) is 2.53. The molecule has 1 atom stereocenters. The standard InChI is InChI=1S/C9H9NOS/c1-12(11)7-9-4-2-3-8(5-9)6-10/h2-5H,7H2,1H3. The molecule has 0 aromatic heterocycles. The van der Waals surface area contributed by atoms with Crippen LogP contribution < -0.4 is 0 Å².